The maximum atomic E-state index is 12.4. The van der Waals surface area contributed by atoms with Gasteiger partial charge in [0.25, 0.3) is 0 Å². The Labute approximate surface area is 172 Å². The van der Waals surface area contributed by atoms with Gasteiger partial charge in [0, 0.05) is 18.9 Å². The molecule has 2 saturated heterocycles. The number of carboxylic acids is 1. The fraction of sp³-hybridized carbons (Fsp3) is 0.565. The molecule has 1 aromatic rings. The summed E-state index contributed by atoms with van der Waals surface area (Å²) < 4.78 is 11.3. The SMILES string of the molecule is COc1ccc(CC(=O)NC[C@H]2[C@@H](C/C=C\CCCC(=O)O)[C@H]3CC[C@@H]2O3)cc1. The summed E-state index contributed by atoms with van der Waals surface area (Å²) in [5.74, 6) is 0.835. The number of allylic oxidation sites excluding steroid dienone is 2. The zero-order valence-electron chi connectivity index (χ0n) is 17.0. The van der Waals surface area contributed by atoms with Crippen LogP contribution in [0.1, 0.15) is 44.1 Å². The maximum absolute atomic E-state index is 12.4. The van der Waals surface area contributed by atoms with Crippen LogP contribution in [0.25, 0.3) is 0 Å². The molecule has 4 atom stereocenters. The van der Waals surface area contributed by atoms with Crippen LogP contribution < -0.4 is 10.1 Å². The second kappa shape index (κ2) is 10.4. The molecule has 29 heavy (non-hydrogen) atoms. The van der Waals surface area contributed by atoms with Crippen LogP contribution in [0.3, 0.4) is 0 Å². The third-order valence-electron chi connectivity index (χ3n) is 5.99. The van der Waals surface area contributed by atoms with Gasteiger partial charge in [-0.1, -0.05) is 24.3 Å². The van der Waals surface area contributed by atoms with Gasteiger partial charge in [-0.2, -0.15) is 0 Å². The number of aliphatic carboxylic acids is 1. The second-order valence-corrected chi connectivity index (χ2v) is 7.94. The Bertz CT molecular complexity index is 714. The summed E-state index contributed by atoms with van der Waals surface area (Å²) in [6.07, 6.45) is 9.88. The topological polar surface area (TPSA) is 84.9 Å². The molecule has 2 aliphatic heterocycles. The second-order valence-electron chi connectivity index (χ2n) is 7.94. The Balaban J connectivity index is 1.44. The van der Waals surface area contributed by atoms with E-state index >= 15 is 0 Å². The standard InChI is InChI=1S/C23H31NO5/c1-28-17-10-8-16(9-11-17)14-22(25)24-15-19-18(20-12-13-21(19)29-20)6-4-2-3-5-7-23(26)27/h2,4,8-11,18-21H,3,5-7,12-15H2,1H3,(H,24,25)(H,26,27)/b4-2-/t18-,19+,20-,21+/m1/s1. The molecule has 0 aromatic heterocycles. The highest BCUT2D eigenvalue weighted by Crippen LogP contribution is 2.44. The van der Waals surface area contributed by atoms with Crippen molar-refractivity contribution in [2.45, 2.75) is 57.2 Å². The zero-order valence-corrected chi connectivity index (χ0v) is 17.0. The van der Waals surface area contributed by atoms with Crippen LogP contribution in [0.15, 0.2) is 36.4 Å². The van der Waals surface area contributed by atoms with E-state index in [1.54, 1.807) is 7.11 Å². The van der Waals surface area contributed by atoms with Crippen LogP contribution >= 0.6 is 0 Å². The molecule has 3 rings (SSSR count). The maximum Gasteiger partial charge on any atom is 0.303 e. The molecular weight excluding hydrogens is 370 g/mol. The number of hydrogen-bond acceptors (Lipinski definition) is 4. The molecule has 2 aliphatic rings. The predicted octanol–water partition coefficient (Wildman–Crippen LogP) is 3.35. The van der Waals surface area contributed by atoms with Crippen molar-refractivity contribution in [3.05, 3.63) is 42.0 Å². The summed E-state index contributed by atoms with van der Waals surface area (Å²) >= 11 is 0. The molecule has 158 valence electrons. The van der Waals surface area contributed by atoms with Gasteiger partial charge in [0.15, 0.2) is 0 Å². The average molecular weight is 402 g/mol. The van der Waals surface area contributed by atoms with Crippen LogP contribution in [0.2, 0.25) is 0 Å². The van der Waals surface area contributed by atoms with Gasteiger partial charge in [0.1, 0.15) is 5.75 Å². The summed E-state index contributed by atoms with van der Waals surface area (Å²) in [6, 6.07) is 7.56. The summed E-state index contributed by atoms with van der Waals surface area (Å²) in [4.78, 5) is 22.9. The number of carbonyl (C=O) groups is 2. The van der Waals surface area contributed by atoms with Gasteiger partial charge < -0.3 is 19.9 Å². The molecule has 2 fully saturated rings. The number of rotatable bonds is 11. The summed E-state index contributed by atoms with van der Waals surface area (Å²) in [5, 5.41) is 11.8. The molecule has 0 saturated carbocycles. The number of unbranched alkanes of at least 4 members (excludes halogenated alkanes) is 1. The molecule has 2 N–H and O–H groups in total. The summed E-state index contributed by atoms with van der Waals surface area (Å²) in [7, 11) is 1.63. The third kappa shape index (κ3) is 6.07. The summed E-state index contributed by atoms with van der Waals surface area (Å²) in [6.45, 7) is 0.647. The number of nitrogens with one attached hydrogen (secondary N) is 1. The van der Waals surface area contributed by atoms with E-state index in [1.165, 1.54) is 0 Å². The van der Waals surface area contributed by atoms with Gasteiger partial charge in [-0.3, -0.25) is 9.59 Å². The van der Waals surface area contributed by atoms with Crippen LogP contribution in [0, 0.1) is 11.8 Å². The Kier molecular flexibility index (Phi) is 7.69. The van der Waals surface area contributed by atoms with Crippen molar-refractivity contribution >= 4 is 11.9 Å². The summed E-state index contributed by atoms with van der Waals surface area (Å²) in [5.41, 5.74) is 0.966. The third-order valence-corrected chi connectivity index (χ3v) is 5.99. The number of benzene rings is 1. The number of hydrogen-bond donors (Lipinski definition) is 2. The van der Waals surface area contributed by atoms with Crippen LogP contribution in [-0.4, -0.2) is 42.8 Å². The van der Waals surface area contributed by atoms with E-state index in [2.05, 4.69) is 17.5 Å². The lowest BCUT2D eigenvalue weighted by Crippen LogP contribution is -2.38. The van der Waals surface area contributed by atoms with Crippen molar-refractivity contribution in [3.8, 4) is 5.75 Å². The number of amides is 1. The minimum absolute atomic E-state index is 0.0286. The first kappa shape index (κ1) is 21.4. The Morgan fingerprint density at radius 1 is 1.17 bits per heavy atom. The molecule has 1 amide bonds. The minimum atomic E-state index is -0.745. The molecule has 6 heteroatoms. The molecule has 1 aromatic carbocycles. The first-order valence-electron chi connectivity index (χ1n) is 10.5. The van der Waals surface area contributed by atoms with Gasteiger partial charge in [-0.05, 0) is 55.7 Å². The quantitative estimate of drug-likeness (QED) is 0.439. The fourth-order valence-electron chi connectivity index (χ4n) is 4.45. The highest BCUT2D eigenvalue weighted by Gasteiger charge is 2.47. The van der Waals surface area contributed by atoms with E-state index in [4.69, 9.17) is 14.6 Å². The number of carboxylic acid groups (broad SMARTS) is 1. The highest BCUT2D eigenvalue weighted by molar-refractivity contribution is 5.78. The van der Waals surface area contributed by atoms with E-state index in [0.717, 1.165) is 37.0 Å². The van der Waals surface area contributed by atoms with E-state index in [9.17, 15) is 9.59 Å². The molecule has 0 radical (unpaired) electrons. The van der Waals surface area contributed by atoms with Gasteiger partial charge >= 0.3 is 5.97 Å². The molecule has 0 spiro atoms. The number of methoxy groups -OCH3 is 1. The Hall–Kier alpha value is -2.34. The molecule has 6 nitrogen and oxygen atoms in total. The lowest BCUT2D eigenvalue weighted by molar-refractivity contribution is -0.137. The lowest BCUT2D eigenvalue weighted by atomic mass is 9.77. The zero-order chi connectivity index (χ0) is 20.6. The van der Waals surface area contributed by atoms with E-state index in [1.807, 2.05) is 24.3 Å². The van der Waals surface area contributed by atoms with Gasteiger partial charge in [-0.15, -0.1) is 0 Å². The predicted molar refractivity (Wildman–Crippen MR) is 110 cm³/mol. The first-order chi connectivity index (χ1) is 14.1. The number of ether oxygens (including phenoxy) is 2. The van der Waals surface area contributed by atoms with Crippen LogP contribution in [0.4, 0.5) is 0 Å². The van der Waals surface area contributed by atoms with Crippen molar-refractivity contribution < 1.29 is 24.2 Å². The first-order valence-corrected chi connectivity index (χ1v) is 10.5. The molecule has 2 bridgehead atoms. The normalized spacial score (nSPS) is 25.4. The van der Waals surface area contributed by atoms with Gasteiger partial charge in [0.05, 0.1) is 25.7 Å². The Morgan fingerprint density at radius 2 is 1.90 bits per heavy atom. The molecule has 0 unspecified atom stereocenters. The largest absolute Gasteiger partial charge is 0.497 e. The Morgan fingerprint density at radius 3 is 2.59 bits per heavy atom. The van der Waals surface area contributed by atoms with E-state index < -0.39 is 5.97 Å². The van der Waals surface area contributed by atoms with E-state index in [0.29, 0.717) is 31.2 Å². The molecule has 2 heterocycles. The van der Waals surface area contributed by atoms with Crippen molar-refractivity contribution in [1.82, 2.24) is 5.32 Å². The number of carbonyl (C=O) groups excluding carboxylic acids is 1. The van der Waals surface area contributed by atoms with E-state index in [-0.39, 0.29) is 24.5 Å². The highest BCUT2D eigenvalue weighted by atomic mass is 16.5. The van der Waals surface area contributed by atoms with Crippen molar-refractivity contribution in [2.75, 3.05) is 13.7 Å². The monoisotopic (exact) mass is 401 g/mol. The number of fused-ring (bicyclic) bond motifs is 2. The van der Waals surface area contributed by atoms with Gasteiger partial charge in [0.2, 0.25) is 5.91 Å². The van der Waals surface area contributed by atoms with Crippen molar-refractivity contribution in [3.63, 3.8) is 0 Å². The smallest absolute Gasteiger partial charge is 0.303 e. The lowest BCUT2D eigenvalue weighted by Gasteiger charge is -2.27. The van der Waals surface area contributed by atoms with Crippen molar-refractivity contribution in [2.24, 2.45) is 11.8 Å². The minimum Gasteiger partial charge on any atom is -0.497 e. The van der Waals surface area contributed by atoms with Crippen LogP contribution in [-0.2, 0) is 20.7 Å². The van der Waals surface area contributed by atoms with Crippen LogP contribution in [0.5, 0.6) is 5.75 Å². The van der Waals surface area contributed by atoms with Crippen molar-refractivity contribution in [1.29, 1.82) is 0 Å². The fourth-order valence-corrected chi connectivity index (χ4v) is 4.45. The van der Waals surface area contributed by atoms with Gasteiger partial charge in [-0.25, -0.2) is 0 Å². The average Bonchev–Trinajstić information content (AvgIpc) is 3.31. The molecule has 0 aliphatic carbocycles. The molecular formula is C23H31NO5.